The van der Waals surface area contributed by atoms with E-state index in [4.69, 9.17) is 9.47 Å². The average molecular weight is 463 g/mol. The molecule has 1 amide bonds. The summed E-state index contributed by atoms with van der Waals surface area (Å²) < 4.78 is 10.7. The number of hydrogen-bond donors (Lipinski definition) is 2. The molecule has 3 rings (SSSR count). The Morgan fingerprint density at radius 1 is 0.971 bits per heavy atom. The topological polar surface area (TPSA) is 115 Å². The Hall–Kier alpha value is -4.20. The summed E-state index contributed by atoms with van der Waals surface area (Å²) in [5.41, 5.74) is 2.46. The largest absolute Gasteiger partial charge is 0.462 e. The second-order valence-electron chi connectivity index (χ2n) is 7.67. The van der Waals surface area contributed by atoms with Gasteiger partial charge in [-0.1, -0.05) is 42.5 Å². The number of carbonyl (C=O) groups is 4. The number of ether oxygens (including phenoxy) is 2. The van der Waals surface area contributed by atoms with Crippen LogP contribution in [0.15, 0.2) is 54.6 Å². The molecule has 8 heteroatoms. The first-order valence-corrected chi connectivity index (χ1v) is 10.8. The van der Waals surface area contributed by atoms with Gasteiger partial charge in [-0.15, -0.1) is 0 Å². The Morgan fingerprint density at radius 2 is 1.68 bits per heavy atom. The molecule has 1 atom stereocenters. The van der Waals surface area contributed by atoms with E-state index in [1.165, 1.54) is 6.92 Å². The molecule has 0 spiro atoms. The van der Waals surface area contributed by atoms with Gasteiger partial charge in [-0.25, -0.2) is 9.59 Å². The van der Waals surface area contributed by atoms with E-state index in [2.05, 4.69) is 10.3 Å². The van der Waals surface area contributed by atoms with Gasteiger partial charge in [0.2, 0.25) is 6.10 Å². The molecule has 1 aromatic heterocycles. The summed E-state index contributed by atoms with van der Waals surface area (Å²) in [6.45, 7) is 6.58. The molecule has 0 radical (unpaired) electrons. The number of aromatic nitrogens is 1. The van der Waals surface area contributed by atoms with Crippen LogP contribution in [0.25, 0.3) is 0 Å². The van der Waals surface area contributed by atoms with Crippen LogP contribution >= 0.6 is 0 Å². The Morgan fingerprint density at radius 3 is 2.32 bits per heavy atom. The zero-order valence-corrected chi connectivity index (χ0v) is 19.4. The maximum Gasteiger partial charge on any atom is 0.356 e. The van der Waals surface area contributed by atoms with Crippen molar-refractivity contribution in [2.24, 2.45) is 0 Å². The fourth-order valence-corrected chi connectivity index (χ4v) is 3.55. The van der Waals surface area contributed by atoms with Crippen LogP contribution in [0.1, 0.15) is 68.0 Å². The molecule has 0 saturated carbocycles. The molecule has 1 unspecified atom stereocenters. The molecule has 3 aromatic rings. The zero-order valence-electron chi connectivity index (χ0n) is 19.4. The fourth-order valence-electron chi connectivity index (χ4n) is 3.55. The minimum absolute atomic E-state index is 0.0628. The number of amides is 1. The first-order chi connectivity index (χ1) is 16.2. The Bertz CT molecular complexity index is 1230. The molecule has 34 heavy (non-hydrogen) atoms. The molecule has 0 aliphatic heterocycles. The van der Waals surface area contributed by atoms with Crippen molar-refractivity contribution in [2.75, 3.05) is 11.9 Å². The van der Waals surface area contributed by atoms with Crippen LogP contribution in [0, 0.1) is 13.8 Å². The highest BCUT2D eigenvalue weighted by Gasteiger charge is 2.29. The molecular weight excluding hydrogens is 436 g/mol. The number of anilines is 1. The van der Waals surface area contributed by atoms with Crippen LogP contribution in [0.4, 0.5) is 5.69 Å². The van der Waals surface area contributed by atoms with Gasteiger partial charge in [0.1, 0.15) is 5.69 Å². The van der Waals surface area contributed by atoms with Crippen LogP contribution < -0.4 is 5.32 Å². The number of H-pyrrole nitrogens is 1. The summed E-state index contributed by atoms with van der Waals surface area (Å²) in [5.74, 6) is -2.07. The van der Waals surface area contributed by atoms with Crippen LogP contribution in [0.5, 0.6) is 0 Å². The highest BCUT2D eigenvalue weighted by molar-refractivity contribution is 6.01. The van der Waals surface area contributed by atoms with Gasteiger partial charge < -0.3 is 19.8 Å². The van der Waals surface area contributed by atoms with Crippen molar-refractivity contribution in [1.29, 1.82) is 0 Å². The molecule has 176 valence electrons. The summed E-state index contributed by atoms with van der Waals surface area (Å²) >= 11 is 0. The lowest BCUT2D eigenvalue weighted by Gasteiger charge is -2.18. The number of Topliss-reactive ketones (excluding diaryl/α,β-unsaturated/α-hetero) is 1. The van der Waals surface area contributed by atoms with Crippen molar-refractivity contribution in [3.05, 3.63) is 88.2 Å². The standard InChI is InChI=1S/C26H26N2O6/c1-5-33-25(31)21-15(2)22(27-16(21)3)26(32)34-23(18-10-7-6-8-11-18)24(30)28-20-13-9-12-19(14-20)17(4)29/h6-14,23,27H,5H2,1-4H3,(H,28,30). The minimum Gasteiger partial charge on any atom is -0.462 e. The molecule has 1 heterocycles. The van der Waals surface area contributed by atoms with Crippen molar-refractivity contribution in [3.63, 3.8) is 0 Å². The van der Waals surface area contributed by atoms with Gasteiger partial charge in [0, 0.05) is 22.5 Å². The first-order valence-electron chi connectivity index (χ1n) is 10.8. The van der Waals surface area contributed by atoms with E-state index in [-0.39, 0.29) is 23.6 Å². The lowest BCUT2D eigenvalue weighted by molar-refractivity contribution is -0.125. The first kappa shape index (κ1) is 24.4. The number of nitrogens with one attached hydrogen (secondary N) is 2. The van der Waals surface area contributed by atoms with Gasteiger partial charge in [0.15, 0.2) is 5.78 Å². The number of aryl methyl sites for hydroxylation is 1. The number of rotatable bonds is 8. The quantitative estimate of drug-likeness (QED) is 0.375. The van der Waals surface area contributed by atoms with E-state index in [1.54, 1.807) is 75.4 Å². The summed E-state index contributed by atoms with van der Waals surface area (Å²) in [4.78, 5) is 53.0. The van der Waals surface area contributed by atoms with Crippen LogP contribution in [0.3, 0.4) is 0 Å². The number of ketones is 1. The number of aromatic amines is 1. The van der Waals surface area contributed by atoms with Gasteiger partial charge in [0.25, 0.3) is 5.91 Å². The average Bonchev–Trinajstić information content (AvgIpc) is 3.12. The Balaban J connectivity index is 1.89. The third kappa shape index (κ3) is 5.40. The van der Waals surface area contributed by atoms with E-state index in [1.807, 2.05) is 0 Å². The molecule has 8 nitrogen and oxygen atoms in total. The highest BCUT2D eigenvalue weighted by atomic mass is 16.5. The lowest BCUT2D eigenvalue weighted by atomic mass is 10.1. The monoisotopic (exact) mass is 462 g/mol. The minimum atomic E-state index is -1.27. The van der Waals surface area contributed by atoms with E-state index in [0.29, 0.717) is 28.1 Å². The van der Waals surface area contributed by atoms with Crippen molar-refractivity contribution < 1.29 is 28.7 Å². The maximum absolute atomic E-state index is 13.2. The third-order valence-electron chi connectivity index (χ3n) is 5.22. The third-order valence-corrected chi connectivity index (χ3v) is 5.22. The second-order valence-corrected chi connectivity index (χ2v) is 7.67. The van der Waals surface area contributed by atoms with Crippen molar-refractivity contribution in [3.8, 4) is 0 Å². The number of carbonyl (C=O) groups excluding carboxylic acids is 4. The van der Waals surface area contributed by atoms with Crippen LogP contribution in [-0.4, -0.2) is 35.2 Å². The number of esters is 2. The number of hydrogen-bond acceptors (Lipinski definition) is 6. The van der Waals surface area contributed by atoms with Gasteiger partial charge in [-0.3, -0.25) is 9.59 Å². The van der Waals surface area contributed by atoms with Gasteiger partial charge in [-0.2, -0.15) is 0 Å². The van der Waals surface area contributed by atoms with E-state index in [9.17, 15) is 19.2 Å². The molecule has 0 aliphatic rings. The zero-order chi connectivity index (χ0) is 24.8. The van der Waals surface area contributed by atoms with Gasteiger partial charge in [0.05, 0.1) is 12.2 Å². The summed E-state index contributed by atoms with van der Waals surface area (Å²) in [5, 5.41) is 2.71. The second kappa shape index (κ2) is 10.6. The Kier molecular flexibility index (Phi) is 7.63. The van der Waals surface area contributed by atoms with Crippen molar-refractivity contribution >= 4 is 29.3 Å². The fraction of sp³-hybridized carbons (Fsp3) is 0.231. The van der Waals surface area contributed by atoms with E-state index < -0.39 is 23.9 Å². The normalized spacial score (nSPS) is 11.4. The lowest BCUT2D eigenvalue weighted by Crippen LogP contribution is -2.26. The Labute approximate surface area is 197 Å². The molecular formula is C26H26N2O6. The van der Waals surface area contributed by atoms with Crippen LogP contribution in [-0.2, 0) is 14.3 Å². The predicted octanol–water partition coefficient (Wildman–Crippen LogP) is 4.55. The van der Waals surface area contributed by atoms with Crippen molar-refractivity contribution in [1.82, 2.24) is 4.98 Å². The highest BCUT2D eigenvalue weighted by Crippen LogP contribution is 2.25. The van der Waals surface area contributed by atoms with Gasteiger partial charge in [-0.05, 0) is 45.4 Å². The smallest absolute Gasteiger partial charge is 0.356 e. The molecule has 2 N–H and O–H groups in total. The molecule has 0 fully saturated rings. The predicted molar refractivity (Wildman–Crippen MR) is 126 cm³/mol. The van der Waals surface area contributed by atoms with Crippen LogP contribution in [0.2, 0.25) is 0 Å². The van der Waals surface area contributed by atoms with E-state index >= 15 is 0 Å². The summed E-state index contributed by atoms with van der Waals surface area (Å²) in [6, 6.07) is 15.0. The van der Waals surface area contributed by atoms with Gasteiger partial charge >= 0.3 is 11.9 Å². The number of benzene rings is 2. The van der Waals surface area contributed by atoms with Crippen molar-refractivity contribution in [2.45, 2.75) is 33.8 Å². The summed E-state index contributed by atoms with van der Waals surface area (Å²) in [6.07, 6.45) is -1.27. The molecule has 0 bridgehead atoms. The molecule has 0 aliphatic carbocycles. The maximum atomic E-state index is 13.2. The molecule has 0 saturated heterocycles. The van der Waals surface area contributed by atoms with E-state index in [0.717, 1.165) is 0 Å². The summed E-state index contributed by atoms with van der Waals surface area (Å²) in [7, 11) is 0. The SMILES string of the molecule is CCOC(=O)c1c(C)[nH]c(C(=O)OC(C(=O)Nc2cccc(C(C)=O)c2)c2ccccc2)c1C. The molecule has 2 aromatic carbocycles.